The number of allylic oxidation sites excluding steroid dienone is 1. The molecule has 1 atom stereocenters. The minimum absolute atomic E-state index is 0.0412. The molecule has 0 spiro atoms. The van der Waals surface area contributed by atoms with E-state index in [-0.39, 0.29) is 24.2 Å². The van der Waals surface area contributed by atoms with Crippen LogP contribution in [0, 0.1) is 5.82 Å². The van der Waals surface area contributed by atoms with Crippen LogP contribution >= 0.6 is 0 Å². The zero-order chi connectivity index (χ0) is 22.2. The van der Waals surface area contributed by atoms with Crippen LogP contribution < -0.4 is 10.2 Å². The highest BCUT2D eigenvalue weighted by Crippen LogP contribution is 2.22. The maximum absolute atomic E-state index is 14.0. The van der Waals surface area contributed by atoms with Crippen LogP contribution in [-0.4, -0.2) is 51.2 Å². The van der Waals surface area contributed by atoms with Crippen molar-refractivity contribution >= 4 is 18.1 Å². The van der Waals surface area contributed by atoms with Crippen molar-refractivity contribution in [2.24, 2.45) is 0 Å². The minimum Gasteiger partial charge on any atom is -0.483 e. The molecule has 1 aliphatic heterocycles. The molecule has 0 fully saturated rings. The highest BCUT2D eigenvalue weighted by molar-refractivity contribution is 5.92. The van der Waals surface area contributed by atoms with Crippen molar-refractivity contribution in [2.75, 3.05) is 18.0 Å². The number of hydrogen-bond donors (Lipinski definition) is 2. The molecule has 0 radical (unpaired) electrons. The highest BCUT2D eigenvalue weighted by atomic mass is 19.1. The summed E-state index contributed by atoms with van der Waals surface area (Å²) in [5.41, 5.74) is 2.34. The first-order valence-electron chi connectivity index (χ1n) is 10.5. The van der Waals surface area contributed by atoms with E-state index < -0.39 is 0 Å². The monoisotopic (exact) mass is 429 g/mol. The van der Waals surface area contributed by atoms with E-state index in [1.54, 1.807) is 12.3 Å². The van der Waals surface area contributed by atoms with Crippen molar-refractivity contribution in [1.29, 1.82) is 0 Å². The SMILES string of the molecule is CC(NC(=O)c1cn2c(n1)CCN(c1ccncc1F)CC2)C1=CCCCC1.O=CO. The number of pyridine rings is 1. The summed E-state index contributed by atoms with van der Waals surface area (Å²) in [7, 11) is 0. The predicted octanol–water partition coefficient (Wildman–Crippen LogP) is 2.80. The van der Waals surface area contributed by atoms with Crippen LogP contribution in [0.25, 0.3) is 0 Å². The normalized spacial score (nSPS) is 16.7. The van der Waals surface area contributed by atoms with Gasteiger partial charge in [-0.3, -0.25) is 14.6 Å². The standard InChI is InChI=1S/C21H26FN5O.CH2O2/c1-15(16-5-3-2-4-6-16)24-21(28)18-14-27-12-11-26(10-8-20(27)25-18)19-7-9-23-13-17(19)22;2-1-3/h5,7,9,13-15H,2-4,6,8,10-12H2,1H3,(H,24,28);1H,(H,2,3). The van der Waals surface area contributed by atoms with E-state index in [1.165, 1.54) is 24.6 Å². The van der Waals surface area contributed by atoms with Gasteiger partial charge in [0.1, 0.15) is 11.5 Å². The Kier molecular flexibility index (Phi) is 7.75. The Hall–Kier alpha value is -3.23. The Bertz CT molecular complexity index is 917. The van der Waals surface area contributed by atoms with Crippen molar-refractivity contribution in [3.05, 3.63) is 53.6 Å². The lowest BCUT2D eigenvalue weighted by atomic mass is 9.95. The number of anilines is 1. The Morgan fingerprint density at radius 2 is 2.10 bits per heavy atom. The molecule has 0 saturated heterocycles. The van der Waals surface area contributed by atoms with Gasteiger partial charge in [-0.05, 0) is 38.7 Å². The molecule has 1 aliphatic carbocycles. The second-order valence-corrected chi connectivity index (χ2v) is 7.63. The average molecular weight is 429 g/mol. The Labute approximate surface area is 180 Å². The fourth-order valence-corrected chi connectivity index (χ4v) is 4.02. The molecule has 4 rings (SSSR count). The molecule has 2 aliphatic rings. The van der Waals surface area contributed by atoms with Crippen LogP contribution in [0.3, 0.4) is 0 Å². The van der Waals surface area contributed by atoms with Crippen molar-refractivity contribution in [2.45, 2.75) is 51.6 Å². The highest BCUT2D eigenvalue weighted by Gasteiger charge is 2.22. The summed E-state index contributed by atoms with van der Waals surface area (Å²) in [5.74, 6) is 0.427. The maximum Gasteiger partial charge on any atom is 0.290 e. The van der Waals surface area contributed by atoms with Gasteiger partial charge in [-0.15, -0.1) is 0 Å². The van der Waals surface area contributed by atoms with Crippen molar-refractivity contribution in [1.82, 2.24) is 19.9 Å². The predicted molar refractivity (Wildman–Crippen MR) is 115 cm³/mol. The van der Waals surface area contributed by atoms with E-state index >= 15 is 0 Å². The molecular weight excluding hydrogens is 401 g/mol. The van der Waals surface area contributed by atoms with Gasteiger partial charge in [0, 0.05) is 44.5 Å². The molecule has 1 amide bonds. The summed E-state index contributed by atoms with van der Waals surface area (Å²) in [5, 5.41) is 9.97. The molecular formula is C22H28FN5O3. The van der Waals surface area contributed by atoms with Gasteiger partial charge in [0.15, 0.2) is 5.82 Å². The Morgan fingerprint density at radius 3 is 2.81 bits per heavy atom. The van der Waals surface area contributed by atoms with E-state index in [4.69, 9.17) is 9.90 Å². The number of carboxylic acid groups (broad SMARTS) is 1. The summed E-state index contributed by atoms with van der Waals surface area (Å²) in [6.45, 7) is 3.77. The number of carbonyl (C=O) groups excluding carboxylic acids is 1. The first-order valence-corrected chi connectivity index (χ1v) is 10.5. The Morgan fingerprint density at radius 1 is 1.29 bits per heavy atom. The number of rotatable bonds is 4. The molecule has 2 N–H and O–H groups in total. The molecule has 0 aromatic carbocycles. The van der Waals surface area contributed by atoms with Gasteiger partial charge in [-0.2, -0.15) is 0 Å². The zero-order valence-electron chi connectivity index (χ0n) is 17.6. The largest absolute Gasteiger partial charge is 0.483 e. The molecule has 2 aromatic heterocycles. The van der Waals surface area contributed by atoms with Gasteiger partial charge >= 0.3 is 0 Å². The van der Waals surface area contributed by atoms with Crippen LogP contribution in [0.2, 0.25) is 0 Å². The number of carbonyl (C=O) groups is 2. The second-order valence-electron chi connectivity index (χ2n) is 7.63. The smallest absolute Gasteiger partial charge is 0.290 e. The fraction of sp³-hybridized carbons (Fsp3) is 0.455. The van der Waals surface area contributed by atoms with Crippen molar-refractivity contribution in [3.8, 4) is 0 Å². The topological polar surface area (TPSA) is 100 Å². The molecule has 8 nitrogen and oxygen atoms in total. The molecule has 1 unspecified atom stereocenters. The summed E-state index contributed by atoms with van der Waals surface area (Å²) >= 11 is 0. The molecule has 0 saturated carbocycles. The number of nitrogens with one attached hydrogen (secondary N) is 1. The van der Waals surface area contributed by atoms with Crippen LogP contribution in [-0.2, 0) is 17.8 Å². The lowest BCUT2D eigenvalue weighted by Gasteiger charge is -2.22. The molecule has 0 bridgehead atoms. The summed E-state index contributed by atoms with van der Waals surface area (Å²) in [6.07, 6.45) is 12.2. The van der Waals surface area contributed by atoms with Gasteiger partial charge in [0.25, 0.3) is 12.4 Å². The second kappa shape index (κ2) is 10.7. The number of nitrogens with zero attached hydrogens (tertiary/aromatic N) is 4. The van der Waals surface area contributed by atoms with Gasteiger partial charge in [-0.1, -0.05) is 11.6 Å². The van der Waals surface area contributed by atoms with Crippen LogP contribution in [0.1, 0.15) is 48.9 Å². The van der Waals surface area contributed by atoms with Gasteiger partial charge in [0.05, 0.1) is 11.9 Å². The minimum atomic E-state index is -0.312. The number of hydrogen-bond acceptors (Lipinski definition) is 5. The maximum atomic E-state index is 14.0. The molecule has 31 heavy (non-hydrogen) atoms. The van der Waals surface area contributed by atoms with Crippen molar-refractivity contribution < 1.29 is 19.1 Å². The van der Waals surface area contributed by atoms with Crippen LogP contribution in [0.5, 0.6) is 0 Å². The van der Waals surface area contributed by atoms with Crippen LogP contribution in [0.15, 0.2) is 36.3 Å². The van der Waals surface area contributed by atoms with Crippen molar-refractivity contribution in [3.63, 3.8) is 0 Å². The van der Waals surface area contributed by atoms with E-state index in [2.05, 4.69) is 21.4 Å². The lowest BCUT2D eigenvalue weighted by molar-refractivity contribution is -0.122. The number of amides is 1. The zero-order valence-corrected chi connectivity index (χ0v) is 17.6. The van der Waals surface area contributed by atoms with Crippen LogP contribution in [0.4, 0.5) is 10.1 Å². The summed E-state index contributed by atoms with van der Waals surface area (Å²) in [6, 6.07) is 1.74. The van der Waals surface area contributed by atoms with E-state index in [9.17, 15) is 9.18 Å². The molecule has 3 heterocycles. The lowest BCUT2D eigenvalue weighted by Crippen LogP contribution is -2.34. The summed E-state index contributed by atoms with van der Waals surface area (Å²) < 4.78 is 16.0. The first-order chi connectivity index (χ1) is 15.0. The quantitative estimate of drug-likeness (QED) is 0.573. The van der Waals surface area contributed by atoms with E-state index in [1.807, 2.05) is 22.6 Å². The molecule has 2 aromatic rings. The number of fused-ring (bicyclic) bond motifs is 1. The van der Waals surface area contributed by atoms with E-state index in [0.29, 0.717) is 37.4 Å². The third-order valence-electron chi connectivity index (χ3n) is 5.63. The number of aromatic nitrogens is 3. The fourth-order valence-electron chi connectivity index (χ4n) is 4.02. The third-order valence-corrected chi connectivity index (χ3v) is 5.63. The molecule has 166 valence electrons. The number of halogens is 1. The Balaban J connectivity index is 0.000000858. The average Bonchev–Trinajstić information content (AvgIpc) is 3.09. The molecule has 9 heteroatoms. The first kappa shape index (κ1) is 22.5. The van der Waals surface area contributed by atoms with Gasteiger partial charge in [-0.25, -0.2) is 9.37 Å². The van der Waals surface area contributed by atoms with Gasteiger partial charge < -0.3 is 19.9 Å². The summed E-state index contributed by atoms with van der Waals surface area (Å²) in [4.78, 5) is 31.4. The van der Waals surface area contributed by atoms with Gasteiger partial charge in [0.2, 0.25) is 0 Å². The van der Waals surface area contributed by atoms with E-state index in [0.717, 1.165) is 18.7 Å². The third kappa shape index (κ3) is 5.68. The number of imidazole rings is 1.